The summed E-state index contributed by atoms with van der Waals surface area (Å²) < 4.78 is 11.5. The van der Waals surface area contributed by atoms with Crippen molar-refractivity contribution in [3.8, 4) is 5.75 Å². The molecule has 0 saturated heterocycles. The minimum absolute atomic E-state index is 0.0712. The molecule has 41 heavy (non-hydrogen) atoms. The van der Waals surface area contributed by atoms with E-state index in [1.54, 1.807) is 0 Å². The molecule has 0 aromatic heterocycles. The third kappa shape index (κ3) is 5.55. The highest BCUT2D eigenvalue weighted by Crippen LogP contribution is 2.48. The molecule has 1 aliphatic heterocycles. The van der Waals surface area contributed by atoms with Crippen LogP contribution in [-0.2, 0) is 14.3 Å². The van der Waals surface area contributed by atoms with Crippen molar-refractivity contribution in [2.75, 3.05) is 13.2 Å². The van der Waals surface area contributed by atoms with Crippen LogP contribution in [0.25, 0.3) is 10.8 Å². The van der Waals surface area contributed by atoms with Gasteiger partial charge in [-0.1, -0.05) is 90.5 Å². The molecule has 206 valence electrons. The van der Waals surface area contributed by atoms with Gasteiger partial charge in [0.15, 0.2) is 0 Å². The van der Waals surface area contributed by atoms with Crippen LogP contribution in [0.5, 0.6) is 5.75 Å². The van der Waals surface area contributed by atoms with E-state index >= 15 is 0 Å². The quantitative estimate of drug-likeness (QED) is 0.172. The number of halogens is 1. The van der Waals surface area contributed by atoms with Gasteiger partial charge in [-0.2, -0.15) is 0 Å². The first kappa shape index (κ1) is 27.0. The lowest BCUT2D eigenvalue weighted by molar-refractivity contribution is -0.148. The summed E-state index contributed by atoms with van der Waals surface area (Å²) >= 11 is 6.11. The van der Waals surface area contributed by atoms with E-state index in [4.69, 9.17) is 26.1 Å². The van der Waals surface area contributed by atoms with Crippen molar-refractivity contribution in [3.63, 3.8) is 0 Å². The van der Waals surface area contributed by atoms with E-state index in [2.05, 4.69) is 12.1 Å². The molecular formula is C35H30ClNO4. The van der Waals surface area contributed by atoms with Gasteiger partial charge in [0.2, 0.25) is 0 Å². The summed E-state index contributed by atoms with van der Waals surface area (Å²) in [5.74, 6) is -1.40. The number of para-hydroxylation sites is 1. The third-order valence-electron chi connectivity index (χ3n) is 8.01. The molecule has 0 saturated carbocycles. The molecule has 0 bridgehead atoms. The largest absolute Gasteiger partial charge is 0.490 e. The molecular weight excluding hydrogens is 534 g/mol. The molecule has 0 N–H and O–H groups in total. The number of carbonyl (C=O) groups excluding carboxylic acids is 2. The van der Waals surface area contributed by atoms with E-state index in [1.807, 2.05) is 97.9 Å². The van der Waals surface area contributed by atoms with Gasteiger partial charge < -0.3 is 9.47 Å². The molecule has 0 amide bonds. The summed E-state index contributed by atoms with van der Waals surface area (Å²) in [6, 6.07) is 31.1. The number of nitrogens with zero attached hydrogens (tertiary/aromatic N) is 1. The first-order valence-corrected chi connectivity index (χ1v) is 14.2. The number of esters is 1. The number of carbonyl (C=O) groups is 2. The van der Waals surface area contributed by atoms with Crippen molar-refractivity contribution in [1.29, 1.82) is 0 Å². The number of hydrogen-bond donors (Lipinski definition) is 0. The van der Waals surface area contributed by atoms with Gasteiger partial charge in [0, 0.05) is 34.7 Å². The second-order valence-electron chi connectivity index (χ2n) is 10.6. The van der Waals surface area contributed by atoms with Gasteiger partial charge in [-0.25, -0.2) is 0 Å². The minimum atomic E-state index is -0.698. The van der Waals surface area contributed by atoms with E-state index in [-0.39, 0.29) is 24.9 Å². The molecule has 0 radical (unpaired) electrons. The molecule has 1 aliphatic carbocycles. The number of aliphatic imine (C=N–C) groups is 1. The zero-order valence-electron chi connectivity index (χ0n) is 22.7. The smallest absolute Gasteiger partial charge is 0.315 e. The van der Waals surface area contributed by atoms with Crippen LogP contribution in [0.3, 0.4) is 0 Å². The fraction of sp³-hybridized carbons (Fsp3) is 0.229. The maximum absolute atomic E-state index is 14.0. The molecule has 4 unspecified atom stereocenters. The summed E-state index contributed by atoms with van der Waals surface area (Å²) in [4.78, 5) is 32.6. The van der Waals surface area contributed by atoms with Crippen molar-refractivity contribution in [3.05, 3.63) is 125 Å². The Morgan fingerprint density at radius 1 is 0.902 bits per heavy atom. The standard InChI is InChI=1S/C35H30ClNO4/c1-22-32(35(39)41-19-18-40-27-10-3-2-4-11-27)33(29-13-7-9-24-8-5-6-12-28(24)29)34-30(37-22)20-25(21-31(34)38)23-14-16-26(36)17-15-23/h2-17,20,25,32-34H,18-19,21H2,1H3. The van der Waals surface area contributed by atoms with Gasteiger partial charge in [-0.3, -0.25) is 14.6 Å². The van der Waals surface area contributed by atoms with Crippen LogP contribution in [0.1, 0.15) is 36.3 Å². The van der Waals surface area contributed by atoms with E-state index in [9.17, 15) is 9.59 Å². The minimum Gasteiger partial charge on any atom is -0.490 e. The highest BCUT2D eigenvalue weighted by atomic mass is 35.5. The molecule has 0 spiro atoms. The topological polar surface area (TPSA) is 65.0 Å². The van der Waals surface area contributed by atoms with Gasteiger partial charge in [0.05, 0.1) is 5.92 Å². The Kier molecular flexibility index (Phi) is 7.71. The van der Waals surface area contributed by atoms with Crippen molar-refractivity contribution >= 4 is 39.8 Å². The van der Waals surface area contributed by atoms with Crippen LogP contribution in [0.4, 0.5) is 0 Å². The Bertz CT molecular complexity index is 1640. The summed E-state index contributed by atoms with van der Waals surface area (Å²) in [7, 11) is 0. The Hall–Kier alpha value is -4.22. The second kappa shape index (κ2) is 11.7. The van der Waals surface area contributed by atoms with Crippen LogP contribution < -0.4 is 4.74 Å². The number of rotatable bonds is 7. The van der Waals surface area contributed by atoms with E-state index < -0.39 is 23.7 Å². The molecule has 0 fully saturated rings. The van der Waals surface area contributed by atoms with E-state index in [0.29, 0.717) is 28.6 Å². The molecule has 6 rings (SSSR count). The Morgan fingerprint density at radius 2 is 1.63 bits per heavy atom. The van der Waals surface area contributed by atoms with Crippen LogP contribution in [0.2, 0.25) is 5.02 Å². The predicted molar refractivity (Wildman–Crippen MR) is 162 cm³/mol. The maximum atomic E-state index is 14.0. The summed E-state index contributed by atoms with van der Waals surface area (Å²) in [5.41, 5.74) is 3.33. The fourth-order valence-electron chi connectivity index (χ4n) is 6.14. The molecule has 2 aliphatic rings. The fourth-order valence-corrected chi connectivity index (χ4v) is 6.27. The van der Waals surface area contributed by atoms with Crippen LogP contribution >= 0.6 is 11.6 Å². The molecule has 6 heteroatoms. The molecule has 4 atom stereocenters. The monoisotopic (exact) mass is 563 g/mol. The summed E-state index contributed by atoms with van der Waals surface area (Å²) in [5, 5.41) is 2.73. The first-order valence-electron chi connectivity index (χ1n) is 13.9. The van der Waals surface area contributed by atoms with Crippen molar-refractivity contribution in [1.82, 2.24) is 0 Å². The Morgan fingerprint density at radius 3 is 2.44 bits per heavy atom. The lowest BCUT2D eigenvalue weighted by Gasteiger charge is -2.39. The molecule has 1 heterocycles. The van der Waals surface area contributed by atoms with Gasteiger partial charge in [0.25, 0.3) is 0 Å². The number of ketones is 1. The van der Waals surface area contributed by atoms with Crippen molar-refractivity contribution in [2.45, 2.75) is 25.2 Å². The number of hydrogen-bond acceptors (Lipinski definition) is 5. The molecule has 5 nitrogen and oxygen atoms in total. The average molecular weight is 564 g/mol. The van der Waals surface area contributed by atoms with Crippen molar-refractivity contribution < 1.29 is 19.1 Å². The lowest BCUT2D eigenvalue weighted by atomic mass is 9.65. The number of benzene rings is 4. The highest BCUT2D eigenvalue weighted by molar-refractivity contribution is 6.30. The average Bonchev–Trinajstić information content (AvgIpc) is 2.99. The molecule has 4 aromatic carbocycles. The zero-order chi connectivity index (χ0) is 28.3. The Labute approximate surface area is 244 Å². The predicted octanol–water partition coefficient (Wildman–Crippen LogP) is 7.55. The highest BCUT2D eigenvalue weighted by Gasteiger charge is 2.48. The van der Waals surface area contributed by atoms with Crippen molar-refractivity contribution in [2.24, 2.45) is 16.8 Å². The van der Waals surface area contributed by atoms with Crippen LogP contribution in [0, 0.1) is 11.8 Å². The number of ether oxygens (including phenoxy) is 2. The third-order valence-corrected chi connectivity index (χ3v) is 8.26. The SMILES string of the molecule is CC1=NC2=CC(c3ccc(Cl)cc3)CC(=O)C2C(c2cccc3ccccc23)C1C(=O)OCCOc1ccccc1. The van der Waals surface area contributed by atoms with Gasteiger partial charge in [-0.05, 0) is 53.1 Å². The second-order valence-corrected chi connectivity index (χ2v) is 11.0. The van der Waals surface area contributed by atoms with Gasteiger partial charge >= 0.3 is 5.97 Å². The summed E-state index contributed by atoms with van der Waals surface area (Å²) in [6.45, 7) is 2.19. The first-order chi connectivity index (χ1) is 20.0. The number of fused-ring (bicyclic) bond motifs is 2. The van der Waals surface area contributed by atoms with Gasteiger partial charge in [0.1, 0.15) is 30.7 Å². The lowest BCUT2D eigenvalue weighted by Crippen LogP contribution is -2.43. The maximum Gasteiger partial charge on any atom is 0.315 e. The van der Waals surface area contributed by atoms with Gasteiger partial charge in [-0.15, -0.1) is 0 Å². The molecule has 4 aromatic rings. The van der Waals surface area contributed by atoms with E-state index in [0.717, 1.165) is 21.9 Å². The summed E-state index contributed by atoms with van der Waals surface area (Å²) in [6.07, 6.45) is 2.42. The normalized spacial score (nSPS) is 22.0. The Balaban J connectivity index is 1.36. The van der Waals surface area contributed by atoms with Crippen LogP contribution in [0.15, 0.2) is 114 Å². The number of Topliss-reactive ketones (excluding diaryl/α,β-unsaturated/α-hetero) is 1. The van der Waals surface area contributed by atoms with Crippen LogP contribution in [-0.4, -0.2) is 30.7 Å². The zero-order valence-corrected chi connectivity index (χ0v) is 23.5. The number of allylic oxidation sites excluding steroid dienone is 2. The van der Waals surface area contributed by atoms with E-state index in [1.165, 1.54) is 0 Å².